The summed E-state index contributed by atoms with van der Waals surface area (Å²) in [7, 11) is -7.10. The van der Waals surface area contributed by atoms with Gasteiger partial charge in [0, 0.05) is 0 Å². The van der Waals surface area contributed by atoms with E-state index in [9.17, 15) is 8.42 Å². The van der Waals surface area contributed by atoms with Crippen molar-refractivity contribution in [2.45, 2.75) is 0 Å². The molecule has 0 radical (unpaired) electrons. The minimum atomic E-state index is -4.19. The van der Waals surface area contributed by atoms with Crippen LogP contribution in [-0.4, -0.2) is 18.2 Å². The minimum absolute atomic E-state index is 2.90. The zero-order valence-corrected chi connectivity index (χ0v) is 5.26. The Bertz CT molecular complexity index is 146. The molecule has 0 aromatic carbocycles. The second-order valence-corrected chi connectivity index (χ2v) is 2.91. The van der Waals surface area contributed by atoms with Crippen molar-refractivity contribution in [3.05, 3.63) is 0 Å². The van der Waals surface area contributed by atoms with Gasteiger partial charge in [0.2, 0.25) is 0 Å². The van der Waals surface area contributed by atoms with Crippen LogP contribution >= 0.6 is 8.60 Å². The topological polar surface area (TPSA) is 110 Å². The molecule has 0 unspecified atom stereocenters. The van der Waals surface area contributed by atoms with Gasteiger partial charge in [-0.15, -0.1) is 0 Å². The molecule has 0 aliphatic heterocycles. The first-order valence-corrected chi connectivity index (χ1v) is 3.95. The molecule has 0 fully saturated rings. The van der Waals surface area contributed by atoms with Gasteiger partial charge >= 0.3 is 18.9 Å². The Kier molecular flexibility index (Phi) is 2.75. The largest absolute Gasteiger partial charge is 0.343 e. The quantitative estimate of drug-likeness (QED) is 0.423. The maximum atomic E-state index is 9.69. The molecule has 0 bridgehead atoms. The fourth-order valence-corrected chi connectivity index (χ4v) is 0.836. The van der Waals surface area contributed by atoms with Crippen molar-refractivity contribution < 1.29 is 22.2 Å². The minimum Gasteiger partial charge on any atom is -0.327 e. The van der Waals surface area contributed by atoms with Gasteiger partial charge in [0.05, 0.1) is 0 Å². The molecular formula is H4NO5PS. The molecule has 8 heavy (non-hydrogen) atoms. The summed E-state index contributed by atoms with van der Waals surface area (Å²) in [6.45, 7) is 0. The highest BCUT2D eigenvalue weighted by molar-refractivity contribution is 7.87. The third kappa shape index (κ3) is 6.22. The van der Waals surface area contributed by atoms with Crippen LogP contribution in [-0.2, 0) is 14.3 Å². The summed E-state index contributed by atoms with van der Waals surface area (Å²) in [6, 6.07) is 0. The Balaban J connectivity index is 3.75. The van der Waals surface area contributed by atoms with Crippen LogP contribution in [0, 0.1) is 0 Å². The number of rotatable bonds is 2. The first-order valence-electron chi connectivity index (χ1n) is 1.32. The first-order chi connectivity index (χ1) is 3.42. The van der Waals surface area contributed by atoms with Gasteiger partial charge in [-0.3, -0.25) is 0 Å². The lowest BCUT2D eigenvalue weighted by molar-refractivity contribution is 0.373. The molecule has 0 aliphatic carbocycles. The summed E-state index contributed by atoms with van der Waals surface area (Å²) in [4.78, 5) is 15.7. The smallest absolute Gasteiger partial charge is 0.327 e. The van der Waals surface area contributed by atoms with Gasteiger partial charge in [0.15, 0.2) is 0 Å². The summed E-state index contributed by atoms with van der Waals surface area (Å²) in [5.41, 5.74) is 0. The highest BCUT2D eigenvalue weighted by Crippen LogP contribution is 2.25. The van der Waals surface area contributed by atoms with E-state index in [1.54, 1.807) is 0 Å². The molecule has 50 valence electrons. The lowest BCUT2D eigenvalue weighted by Crippen LogP contribution is -2.12. The summed E-state index contributed by atoms with van der Waals surface area (Å²) in [6.07, 6.45) is 0. The fourth-order valence-electron chi connectivity index (χ4n) is 0.0929. The molecule has 6 nitrogen and oxygen atoms in total. The molecule has 8 heteroatoms. The lowest BCUT2D eigenvalue weighted by atomic mass is 13.9. The van der Waals surface area contributed by atoms with E-state index in [-0.39, 0.29) is 0 Å². The highest BCUT2D eigenvalue weighted by atomic mass is 32.2. The van der Waals surface area contributed by atoms with Crippen molar-refractivity contribution in [1.29, 1.82) is 0 Å². The first kappa shape index (κ1) is 8.22. The van der Waals surface area contributed by atoms with E-state index in [0.717, 1.165) is 0 Å². The van der Waals surface area contributed by atoms with Gasteiger partial charge in [0.25, 0.3) is 0 Å². The molecule has 0 amide bonds. The van der Waals surface area contributed by atoms with E-state index in [2.05, 4.69) is 9.11 Å². The molecule has 0 rings (SSSR count). The van der Waals surface area contributed by atoms with Gasteiger partial charge in [-0.1, -0.05) is 0 Å². The average Bonchev–Trinajstić information content (AvgIpc) is 1.21. The van der Waals surface area contributed by atoms with Gasteiger partial charge in [-0.25, -0.2) is 5.14 Å². The molecule has 0 saturated heterocycles. The molecule has 0 heterocycles. The highest BCUT2D eigenvalue weighted by Gasteiger charge is 2.08. The van der Waals surface area contributed by atoms with Crippen molar-refractivity contribution in [2.75, 3.05) is 0 Å². The second-order valence-electron chi connectivity index (χ2n) is 0.820. The van der Waals surface area contributed by atoms with Crippen molar-refractivity contribution >= 4 is 18.9 Å². The molecule has 4 N–H and O–H groups in total. The van der Waals surface area contributed by atoms with Gasteiger partial charge in [-0.2, -0.15) is 12.4 Å². The second kappa shape index (κ2) is 2.67. The van der Waals surface area contributed by atoms with Crippen molar-refractivity contribution in [1.82, 2.24) is 0 Å². The normalized spacial score (nSPS) is 12.5. The van der Waals surface area contributed by atoms with Crippen LogP contribution in [0.2, 0.25) is 0 Å². The van der Waals surface area contributed by atoms with E-state index < -0.39 is 18.9 Å². The monoisotopic (exact) mass is 161 g/mol. The number of hydrogen-bond acceptors (Lipinski definition) is 5. The van der Waals surface area contributed by atoms with Gasteiger partial charge in [-0.05, 0) is 0 Å². The van der Waals surface area contributed by atoms with Crippen LogP contribution in [0.5, 0.6) is 0 Å². The fraction of sp³-hybridized carbons (Fsp3) is 0. The van der Waals surface area contributed by atoms with Crippen molar-refractivity contribution in [3.8, 4) is 0 Å². The lowest BCUT2D eigenvalue weighted by Gasteiger charge is -1.96. The summed E-state index contributed by atoms with van der Waals surface area (Å²) in [5, 5.41) is 4.18. The summed E-state index contributed by atoms with van der Waals surface area (Å²) < 4.78 is 22.8. The molecule has 0 atom stereocenters. The Labute approximate surface area is 47.1 Å². The van der Waals surface area contributed by atoms with Crippen LogP contribution in [0.25, 0.3) is 0 Å². The molecule has 0 saturated carbocycles. The van der Waals surface area contributed by atoms with Crippen molar-refractivity contribution in [2.24, 2.45) is 5.14 Å². The zero-order chi connectivity index (χ0) is 6.78. The van der Waals surface area contributed by atoms with E-state index >= 15 is 0 Å². The van der Waals surface area contributed by atoms with Gasteiger partial charge < -0.3 is 9.79 Å². The third-order valence-electron chi connectivity index (χ3n) is 0.171. The Morgan fingerprint density at radius 1 is 1.50 bits per heavy atom. The van der Waals surface area contributed by atoms with E-state index in [4.69, 9.17) is 9.79 Å². The predicted octanol–water partition coefficient (Wildman–Crippen LogP) is -1.58. The van der Waals surface area contributed by atoms with Crippen LogP contribution in [0.1, 0.15) is 0 Å². The van der Waals surface area contributed by atoms with E-state index in [1.165, 1.54) is 0 Å². The Morgan fingerprint density at radius 2 is 1.88 bits per heavy atom. The van der Waals surface area contributed by atoms with E-state index in [0.29, 0.717) is 0 Å². The molecule has 0 spiro atoms. The molecule has 0 aromatic rings. The number of nitrogens with two attached hydrogens (primary N) is 1. The summed E-state index contributed by atoms with van der Waals surface area (Å²) >= 11 is 0. The predicted molar refractivity (Wildman–Crippen MR) is 25.5 cm³/mol. The standard InChI is InChI=1S/H4NO5PS/c1-8(4,5)6-7(2)3/h2-3H,(H2,1,4,5). The zero-order valence-electron chi connectivity index (χ0n) is 3.55. The molecule has 0 aliphatic rings. The third-order valence-corrected chi connectivity index (χ3v) is 1.54. The van der Waals surface area contributed by atoms with E-state index in [1.807, 2.05) is 0 Å². The maximum absolute atomic E-state index is 9.69. The summed E-state index contributed by atoms with van der Waals surface area (Å²) in [5.74, 6) is 0. The SMILES string of the molecule is NS(=O)(=O)OP(O)O. The van der Waals surface area contributed by atoms with Gasteiger partial charge in [0.1, 0.15) is 0 Å². The van der Waals surface area contributed by atoms with Crippen LogP contribution in [0.4, 0.5) is 0 Å². The average molecular weight is 161 g/mol. The Morgan fingerprint density at radius 3 is 1.88 bits per heavy atom. The van der Waals surface area contributed by atoms with Crippen molar-refractivity contribution in [3.63, 3.8) is 0 Å². The van der Waals surface area contributed by atoms with Crippen LogP contribution in [0.15, 0.2) is 0 Å². The molecular weight excluding hydrogens is 157 g/mol. The number of hydrogen-bond donors (Lipinski definition) is 3. The molecule has 0 aromatic heterocycles. The Hall–Kier alpha value is 0.220. The van der Waals surface area contributed by atoms with Crippen LogP contribution in [0.3, 0.4) is 0 Å². The van der Waals surface area contributed by atoms with Crippen LogP contribution < -0.4 is 5.14 Å². The maximum Gasteiger partial charge on any atom is 0.343 e.